The van der Waals surface area contributed by atoms with E-state index in [1.165, 1.54) is 24.1 Å². The zero-order valence-electron chi connectivity index (χ0n) is 22.9. The van der Waals surface area contributed by atoms with E-state index in [4.69, 9.17) is 27.9 Å². The van der Waals surface area contributed by atoms with E-state index in [2.05, 4.69) is 5.32 Å². The van der Waals surface area contributed by atoms with Crippen LogP contribution in [-0.2, 0) is 26.2 Å². The highest BCUT2D eigenvalue weighted by atomic mass is 35.5. The molecule has 11 heteroatoms. The van der Waals surface area contributed by atoms with Gasteiger partial charge in [0.1, 0.15) is 18.3 Å². The van der Waals surface area contributed by atoms with Crippen LogP contribution in [0.5, 0.6) is 5.75 Å². The molecule has 0 bridgehead atoms. The van der Waals surface area contributed by atoms with Crippen molar-refractivity contribution in [3.8, 4) is 5.75 Å². The van der Waals surface area contributed by atoms with E-state index >= 15 is 0 Å². The maximum atomic E-state index is 14.0. The molecule has 2 amide bonds. The van der Waals surface area contributed by atoms with E-state index in [-0.39, 0.29) is 17.9 Å². The number of hydrogen-bond donors (Lipinski definition) is 1. The van der Waals surface area contributed by atoms with Gasteiger partial charge in [0.25, 0.3) is 10.0 Å². The minimum absolute atomic E-state index is 0.0108. The predicted octanol–water partition coefficient (Wildman–Crippen LogP) is 5.45. The molecule has 0 radical (unpaired) electrons. The Morgan fingerprint density at radius 2 is 1.55 bits per heavy atom. The van der Waals surface area contributed by atoms with Crippen LogP contribution in [0, 0.1) is 6.92 Å². The summed E-state index contributed by atoms with van der Waals surface area (Å²) in [5.74, 6) is -0.463. The van der Waals surface area contributed by atoms with Gasteiger partial charge >= 0.3 is 0 Å². The summed E-state index contributed by atoms with van der Waals surface area (Å²) in [6, 6.07) is 16.9. The third kappa shape index (κ3) is 7.27. The lowest BCUT2D eigenvalue weighted by molar-refractivity contribution is -0.140. The van der Waals surface area contributed by atoms with Crippen LogP contribution in [0.3, 0.4) is 0 Å². The molecular formula is C29H33Cl2N3O5S. The Balaban J connectivity index is 2.08. The van der Waals surface area contributed by atoms with Gasteiger partial charge in [-0.15, -0.1) is 0 Å². The Kier molecular flexibility index (Phi) is 10.8. The van der Waals surface area contributed by atoms with Crippen molar-refractivity contribution in [3.05, 3.63) is 87.9 Å². The maximum Gasteiger partial charge on any atom is 0.264 e. The molecule has 3 aromatic rings. The van der Waals surface area contributed by atoms with Crippen LogP contribution in [0.25, 0.3) is 0 Å². The molecule has 0 fully saturated rings. The van der Waals surface area contributed by atoms with Crippen LogP contribution in [0.4, 0.5) is 5.69 Å². The molecule has 0 aliphatic rings. The van der Waals surface area contributed by atoms with Crippen molar-refractivity contribution in [1.82, 2.24) is 10.2 Å². The minimum atomic E-state index is -4.20. The van der Waals surface area contributed by atoms with E-state index < -0.39 is 34.4 Å². The summed E-state index contributed by atoms with van der Waals surface area (Å²) in [5, 5.41) is 3.24. The average molecular weight is 607 g/mol. The van der Waals surface area contributed by atoms with Gasteiger partial charge in [-0.2, -0.15) is 0 Å². The number of ether oxygens (including phenoxy) is 1. The second-order valence-corrected chi connectivity index (χ2v) is 11.7. The number of halogens is 2. The van der Waals surface area contributed by atoms with Gasteiger partial charge in [0, 0.05) is 29.2 Å². The van der Waals surface area contributed by atoms with Gasteiger partial charge in [-0.25, -0.2) is 8.42 Å². The number of sulfonamides is 1. The summed E-state index contributed by atoms with van der Waals surface area (Å²) < 4.78 is 34.4. The lowest BCUT2D eigenvalue weighted by Crippen LogP contribution is -2.51. The number of likely N-dealkylation sites (N-methyl/N-ethyl adjacent to an activating group) is 1. The number of nitrogens with zero attached hydrogens (tertiary/aromatic N) is 2. The highest BCUT2D eigenvalue weighted by Crippen LogP contribution is 2.29. The molecule has 0 heterocycles. The van der Waals surface area contributed by atoms with Crippen LogP contribution in [0.15, 0.2) is 71.6 Å². The van der Waals surface area contributed by atoms with Crippen molar-refractivity contribution >= 4 is 50.7 Å². The maximum absolute atomic E-state index is 14.0. The van der Waals surface area contributed by atoms with Gasteiger partial charge in [0.05, 0.1) is 17.2 Å². The number of hydrogen-bond acceptors (Lipinski definition) is 5. The van der Waals surface area contributed by atoms with Crippen LogP contribution in [0.1, 0.15) is 31.4 Å². The van der Waals surface area contributed by atoms with Crippen molar-refractivity contribution in [2.75, 3.05) is 24.5 Å². The number of benzene rings is 3. The molecule has 214 valence electrons. The fourth-order valence-corrected chi connectivity index (χ4v) is 6.11. The van der Waals surface area contributed by atoms with Gasteiger partial charge in [-0.05, 0) is 68.8 Å². The fourth-order valence-electron chi connectivity index (χ4n) is 4.18. The fraction of sp³-hybridized carbons (Fsp3) is 0.310. The molecule has 3 rings (SSSR count). The summed E-state index contributed by atoms with van der Waals surface area (Å²) in [6.45, 7) is 5.26. The number of carbonyl (C=O) groups is 2. The van der Waals surface area contributed by atoms with Crippen molar-refractivity contribution < 1.29 is 22.7 Å². The third-order valence-electron chi connectivity index (χ3n) is 6.35. The van der Waals surface area contributed by atoms with Gasteiger partial charge in [-0.3, -0.25) is 13.9 Å². The largest absolute Gasteiger partial charge is 0.494 e. The Morgan fingerprint density at radius 1 is 0.950 bits per heavy atom. The first-order chi connectivity index (χ1) is 19.0. The Hall–Kier alpha value is -3.27. The highest BCUT2D eigenvalue weighted by molar-refractivity contribution is 7.92. The first kappa shape index (κ1) is 31.3. The topological polar surface area (TPSA) is 96.0 Å². The average Bonchev–Trinajstić information content (AvgIpc) is 2.93. The van der Waals surface area contributed by atoms with Crippen molar-refractivity contribution in [1.29, 1.82) is 0 Å². The number of amides is 2. The number of nitrogens with one attached hydrogen (secondary N) is 1. The summed E-state index contributed by atoms with van der Waals surface area (Å²) in [4.78, 5) is 28.1. The minimum Gasteiger partial charge on any atom is -0.494 e. The molecule has 0 unspecified atom stereocenters. The van der Waals surface area contributed by atoms with Gasteiger partial charge in [0.2, 0.25) is 11.8 Å². The van der Waals surface area contributed by atoms with Crippen LogP contribution in [-0.4, -0.2) is 51.4 Å². The van der Waals surface area contributed by atoms with E-state index in [0.717, 1.165) is 9.87 Å². The van der Waals surface area contributed by atoms with E-state index in [0.29, 0.717) is 33.7 Å². The number of rotatable bonds is 12. The molecule has 0 aliphatic carbocycles. The molecule has 1 atom stereocenters. The molecule has 3 aromatic carbocycles. The van der Waals surface area contributed by atoms with Gasteiger partial charge in [0.15, 0.2) is 0 Å². The lowest BCUT2D eigenvalue weighted by atomic mass is 10.1. The Labute approximate surface area is 245 Å². The Morgan fingerprint density at radius 3 is 2.08 bits per heavy atom. The quantitative estimate of drug-likeness (QED) is 0.296. The van der Waals surface area contributed by atoms with Crippen LogP contribution in [0.2, 0.25) is 10.0 Å². The molecule has 8 nitrogen and oxygen atoms in total. The predicted molar refractivity (Wildman–Crippen MR) is 158 cm³/mol. The second-order valence-electron chi connectivity index (χ2n) is 9.01. The Bertz CT molecular complexity index is 1410. The molecule has 0 aromatic heterocycles. The summed E-state index contributed by atoms with van der Waals surface area (Å²) in [6.07, 6.45) is 0.281. The van der Waals surface area contributed by atoms with E-state index in [1.807, 2.05) is 13.8 Å². The highest BCUT2D eigenvalue weighted by Gasteiger charge is 2.34. The molecule has 40 heavy (non-hydrogen) atoms. The van der Waals surface area contributed by atoms with Crippen molar-refractivity contribution in [2.24, 2.45) is 0 Å². The smallest absolute Gasteiger partial charge is 0.264 e. The number of anilines is 1. The van der Waals surface area contributed by atoms with Gasteiger partial charge < -0.3 is 15.0 Å². The second kappa shape index (κ2) is 13.9. The standard InChI is InChI=1S/C29H33Cl2N3O5S/c1-5-27(29(36)32-4)33(18-24-25(30)8-7-9-26(24)31)28(35)19-34(21-12-10-20(3)11-13-21)40(37,38)23-16-14-22(15-17-23)39-6-2/h7-17,27H,5-6,18-19H2,1-4H3,(H,32,36)/t27-/m1/s1. The monoisotopic (exact) mass is 605 g/mol. The SMILES string of the molecule is CCOc1ccc(S(=O)(=O)N(CC(=O)N(Cc2c(Cl)cccc2Cl)[C@H](CC)C(=O)NC)c2ccc(C)cc2)cc1. The van der Waals surface area contributed by atoms with Crippen LogP contribution >= 0.6 is 23.2 Å². The zero-order chi connectivity index (χ0) is 29.4. The number of carbonyl (C=O) groups excluding carboxylic acids is 2. The summed E-state index contributed by atoms with van der Waals surface area (Å²) in [5.41, 5.74) is 1.68. The van der Waals surface area contributed by atoms with E-state index in [1.54, 1.807) is 61.5 Å². The molecule has 0 saturated carbocycles. The van der Waals surface area contributed by atoms with Crippen molar-refractivity contribution in [2.45, 2.75) is 44.7 Å². The molecular weight excluding hydrogens is 573 g/mol. The summed E-state index contributed by atoms with van der Waals surface area (Å²) in [7, 11) is -2.72. The summed E-state index contributed by atoms with van der Waals surface area (Å²) >= 11 is 12.8. The van der Waals surface area contributed by atoms with E-state index in [9.17, 15) is 18.0 Å². The van der Waals surface area contributed by atoms with Crippen LogP contribution < -0.4 is 14.4 Å². The molecule has 0 saturated heterocycles. The van der Waals surface area contributed by atoms with Crippen molar-refractivity contribution in [3.63, 3.8) is 0 Å². The molecule has 0 aliphatic heterocycles. The first-order valence-corrected chi connectivity index (χ1v) is 15.0. The molecule has 0 spiro atoms. The first-order valence-electron chi connectivity index (χ1n) is 12.8. The lowest BCUT2D eigenvalue weighted by Gasteiger charge is -2.33. The van der Waals surface area contributed by atoms with Gasteiger partial charge in [-0.1, -0.05) is 53.9 Å². The number of aryl methyl sites for hydroxylation is 1. The molecule has 1 N–H and O–H groups in total. The zero-order valence-corrected chi connectivity index (χ0v) is 25.2. The normalized spacial score (nSPS) is 11.9. The third-order valence-corrected chi connectivity index (χ3v) is 8.84.